The molecule has 1 aliphatic carbocycles. The molecule has 7 nitrogen and oxygen atoms in total. The number of amides is 2. The molecule has 3 aliphatic rings. The SMILES string of the molecule is O=C(NC1CCN(c2cccnn2)CC1)N1CC(O)C2(CC2)C1. The average molecular weight is 317 g/mol. The van der Waals surface area contributed by atoms with Gasteiger partial charge in [-0.25, -0.2) is 4.79 Å². The van der Waals surface area contributed by atoms with Crippen molar-refractivity contribution < 1.29 is 9.90 Å². The van der Waals surface area contributed by atoms with E-state index in [1.165, 1.54) is 0 Å². The number of urea groups is 1. The Morgan fingerprint density at radius 3 is 2.74 bits per heavy atom. The van der Waals surface area contributed by atoms with Gasteiger partial charge in [0.25, 0.3) is 0 Å². The Hall–Kier alpha value is -1.89. The highest BCUT2D eigenvalue weighted by Crippen LogP contribution is 2.52. The number of aliphatic hydroxyl groups excluding tert-OH is 1. The van der Waals surface area contributed by atoms with Gasteiger partial charge in [-0.05, 0) is 37.8 Å². The number of carbonyl (C=O) groups excluding carboxylic acids is 1. The molecule has 3 heterocycles. The predicted molar refractivity (Wildman–Crippen MR) is 85.0 cm³/mol. The minimum absolute atomic E-state index is 0.0205. The summed E-state index contributed by atoms with van der Waals surface area (Å²) in [6, 6.07) is 4.03. The predicted octanol–water partition coefficient (Wildman–Crippen LogP) is 0.612. The van der Waals surface area contributed by atoms with E-state index >= 15 is 0 Å². The van der Waals surface area contributed by atoms with Crippen molar-refractivity contribution in [3.63, 3.8) is 0 Å². The van der Waals surface area contributed by atoms with Crippen LogP contribution in [0.5, 0.6) is 0 Å². The Bertz CT molecular complexity index is 569. The number of aliphatic hydroxyl groups is 1. The summed E-state index contributed by atoms with van der Waals surface area (Å²) < 4.78 is 0. The van der Waals surface area contributed by atoms with Crippen LogP contribution in [0.1, 0.15) is 25.7 Å². The van der Waals surface area contributed by atoms with Gasteiger partial charge in [0, 0.05) is 43.8 Å². The summed E-state index contributed by atoms with van der Waals surface area (Å²) >= 11 is 0. The Balaban J connectivity index is 1.27. The van der Waals surface area contributed by atoms with Gasteiger partial charge in [-0.2, -0.15) is 5.10 Å². The van der Waals surface area contributed by atoms with Gasteiger partial charge in [0.2, 0.25) is 0 Å². The summed E-state index contributed by atoms with van der Waals surface area (Å²) in [5.74, 6) is 0.899. The van der Waals surface area contributed by atoms with Gasteiger partial charge in [0.05, 0.1) is 6.10 Å². The zero-order chi connectivity index (χ0) is 15.9. The van der Waals surface area contributed by atoms with Crippen LogP contribution in [0.2, 0.25) is 0 Å². The van der Waals surface area contributed by atoms with E-state index in [9.17, 15) is 9.90 Å². The van der Waals surface area contributed by atoms with Crippen molar-refractivity contribution in [2.24, 2.45) is 5.41 Å². The van der Waals surface area contributed by atoms with Crippen LogP contribution < -0.4 is 10.2 Å². The molecule has 1 atom stereocenters. The second kappa shape index (κ2) is 5.63. The summed E-state index contributed by atoms with van der Waals surface area (Å²) in [4.78, 5) is 16.4. The molecular formula is C16H23N5O2. The third-order valence-electron chi connectivity index (χ3n) is 5.49. The molecule has 1 saturated carbocycles. The van der Waals surface area contributed by atoms with Crippen LogP contribution in [0, 0.1) is 5.41 Å². The highest BCUT2D eigenvalue weighted by Gasteiger charge is 2.55. The first-order valence-electron chi connectivity index (χ1n) is 8.42. The van der Waals surface area contributed by atoms with Crippen LogP contribution >= 0.6 is 0 Å². The first-order chi connectivity index (χ1) is 11.2. The zero-order valence-electron chi connectivity index (χ0n) is 13.2. The van der Waals surface area contributed by atoms with Crippen molar-refractivity contribution in [2.45, 2.75) is 37.8 Å². The largest absolute Gasteiger partial charge is 0.391 e. The lowest BCUT2D eigenvalue weighted by molar-refractivity contribution is 0.131. The molecule has 2 amide bonds. The van der Waals surface area contributed by atoms with Crippen molar-refractivity contribution in [3.05, 3.63) is 18.3 Å². The van der Waals surface area contributed by atoms with Crippen LogP contribution in [0.25, 0.3) is 0 Å². The Morgan fingerprint density at radius 2 is 2.13 bits per heavy atom. The quantitative estimate of drug-likeness (QED) is 0.835. The molecule has 1 aromatic heterocycles. The van der Waals surface area contributed by atoms with Gasteiger partial charge in [0.15, 0.2) is 5.82 Å². The van der Waals surface area contributed by atoms with Gasteiger partial charge >= 0.3 is 6.03 Å². The van der Waals surface area contributed by atoms with Crippen LogP contribution in [0.15, 0.2) is 18.3 Å². The molecule has 2 saturated heterocycles. The van der Waals surface area contributed by atoms with Crippen LogP contribution in [-0.4, -0.2) is 64.6 Å². The Labute approximate surface area is 135 Å². The molecule has 2 aliphatic heterocycles. The number of anilines is 1. The van der Waals surface area contributed by atoms with E-state index in [1.807, 2.05) is 12.1 Å². The maximum Gasteiger partial charge on any atom is 0.317 e. The lowest BCUT2D eigenvalue weighted by Crippen LogP contribution is -2.49. The third kappa shape index (κ3) is 2.85. The molecule has 124 valence electrons. The number of hydrogen-bond acceptors (Lipinski definition) is 5. The van der Waals surface area contributed by atoms with Crippen LogP contribution in [-0.2, 0) is 0 Å². The third-order valence-corrected chi connectivity index (χ3v) is 5.49. The van der Waals surface area contributed by atoms with Gasteiger partial charge < -0.3 is 20.2 Å². The summed E-state index contributed by atoms with van der Waals surface area (Å²) in [7, 11) is 0. The number of nitrogens with one attached hydrogen (secondary N) is 1. The van der Waals surface area contributed by atoms with Crippen LogP contribution in [0.4, 0.5) is 10.6 Å². The highest BCUT2D eigenvalue weighted by atomic mass is 16.3. The molecular weight excluding hydrogens is 294 g/mol. The summed E-state index contributed by atoms with van der Waals surface area (Å²) in [6.07, 6.45) is 5.25. The van der Waals surface area contributed by atoms with Crippen molar-refractivity contribution >= 4 is 11.8 Å². The minimum atomic E-state index is -0.341. The Morgan fingerprint density at radius 1 is 1.35 bits per heavy atom. The van der Waals surface area contributed by atoms with E-state index in [2.05, 4.69) is 20.4 Å². The molecule has 2 N–H and O–H groups in total. The van der Waals surface area contributed by atoms with E-state index in [0.29, 0.717) is 13.1 Å². The van der Waals surface area contributed by atoms with E-state index in [1.54, 1.807) is 11.1 Å². The first kappa shape index (κ1) is 14.7. The monoisotopic (exact) mass is 317 g/mol. The molecule has 7 heteroatoms. The molecule has 3 fully saturated rings. The average Bonchev–Trinajstić information content (AvgIpc) is 3.29. The fraction of sp³-hybridized carbons (Fsp3) is 0.688. The van der Waals surface area contributed by atoms with Crippen molar-refractivity contribution in [3.8, 4) is 0 Å². The minimum Gasteiger partial charge on any atom is -0.391 e. The maximum absolute atomic E-state index is 12.4. The van der Waals surface area contributed by atoms with E-state index in [4.69, 9.17) is 0 Å². The smallest absolute Gasteiger partial charge is 0.317 e. The fourth-order valence-corrected chi connectivity index (χ4v) is 3.74. The van der Waals surface area contributed by atoms with Gasteiger partial charge in [-0.1, -0.05) is 0 Å². The maximum atomic E-state index is 12.4. The molecule has 23 heavy (non-hydrogen) atoms. The highest BCUT2D eigenvalue weighted by molar-refractivity contribution is 5.75. The van der Waals surface area contributed by atoms with E-state index in [0.717, 1.165) is 44.6 Å². The van der Waals surface area contributed by atoms with Crippen molar-refractivity contribution in [1.82, 2.24) is 20.4 Å². The number of likely N-dealkylation sites (tertiary alicyclic amines) is 1. The molecule has 1 unspecified atom stereocenters. The number of piperidine rings is 1. The molecule has 0 radical (unpaired) electrons. The number of hydrogen-bond donors (Lipinski definition) is 2. The molecule has 1 spiro atoms. The number of rotatable bonds is 2. The normalized spacial score (nSPS) is 26.6. The number of β-amino-alcohol motifs (C(OH)–C–C–N with tert-alkyl or cyclic N) is 1. The van der Waals surface area contributed by atoms with E-state index < -0.39 is 0 Å². The number of aromatic nitrogens is 2. The second-order valence-corrected chi connectivity index (χ2v) is 7.05. The lowest BCUT2D eigenvalue weighted by Gasteiger charge is -2.33. The zero-order valence-corrected chi connectivity index (χ0v) is 13.2. The first-order valence-corrected chi connectivity index (χ1v) is 8.42. The van der Waals surface area contributed by atoms with E-state index in [-0.39, 0.29) is 23.6 Å². The summed E-state index contributed by atoms with van der Waals surface area (Å²) in [5.41, 5.74) is 0.0205. The number of nitrogens with zero attached hydrogens (tertiary/aromatic N) is 4. The van der Waals surface area contributed by atoms with Crippen LogP contribution in [0.3, 0.4) is 0 Å². The topological polar surface area (TPSA) is 81.6 Å². The van der Waals surface area contributed by atoms with Crippen molar-refractivity contribution in [2.75, 3.05) is 31.1 Å². The Kier molecular flexibility index (Phi) is 3.60. The molecule has 0 aromatic carbocycles. The summed E-state index contributed by atoms with van der Waals surface area (Å²) in [5, 5.41) is 21.2. The molecule has 1 aromatic rings. The lowest BCUT2D eigenvalue weighted by atomic mass is 10.0. The molecule has 4 rings (SSSR count). The van der Waals surface area contributed by atoms with Gasteiger partial charge in [0.1, 0.15) is 0 Å². The summed E-state index contributed by atoms with van der Waals surface area (Å²) in [6.45, 7) is 2.93. The standard InChI is InChI=1S/C16H23N5O2/c22-13-10-21(11-16(13)5-6-16)15(23)18-12-3-8-20(9-4-12)14-2-1-7-17-19-14/h1-2,7,12-13,22H,3-6,8-11H2,(H,18,23). The van der Waals surface area contributed by atoms with Crippen molar-refractivity contribution in [1.29, 1.82) is 0 Å². The number of carbonyl (C=O) groups is 1. The molecule has 0 bridgehead atoms. The van der Waals surface area contributed by atoms with Gasteiger partial charge in [-0.3, -0.25) is 0 Å². The van der Waals surface area contributed by atoms with Gasteiger partial charge in [-0.15, -0.1) is 5.10 Å². The second-order valence-electron chi connectivity index (χ2n) is 7.05. The fourth-order valence-electron chi connectivity index (χ4n) is 3.74.